The van der Waals surface area contributed by atoms with E-state index in [9.17, 15) is 4.79 Å². The minimum atomic E-state index is -0.578. The van der Waals surface area contributed by atoms with Gasteiger partial charge < -0.3 is 19.7 Å². The quantitative estimate of drug-likeness (QED) is 0.380. The van der Waals surface area contributed by atoms with E-state index in [2.05, 4.69) is 39.7 Å². The van der Waals surface area contributed by atoms with E-state index in [1.165, 1.54) is 0 Å². The third-order valence-electron chi connectivity index (χ3n) is 6.14. The third-order valence-corrected chi connectivity index (χ3v) is 6.49. The number of fused-ring (bicyclic) bond motifs is 1. The van der Waals surface area contributed by atoms with Gasteiger partial charge in [0.05, 0.1) is 12.7 Å². The molecule has 4 rings (SSSR count). The van der Waals surface area contributed by atoms with Crippen LogP contribution >= 0.6 is 11.6 Å². The van der Waals surface area contributed by atoms with Gasteiger partial charge in [0.1, 0.15) is 11.4 Å². The highest BCUT2D eigenvalue weighted by molar-refractivity contribution is 6.31. The zero-order valence-corrected chi connectivity index (χ0v) is 22.2. The maximum absolute atomic E-state index is 12.2. The molecule has 1 fully saturated rings. The smallest absolute Gasteiger partial charge is 0.413 e. The molecule has 1 aromatic heterocycles. The first kappa shape index (κ1) is 26.2. The average molecular weight is 511 g/mol. The van der Waals surface area contributed by atoms with Gasteiger partial charge in [-0.1, -0.05) is 23.7 Å². The number of aromatic nitrogens is 1. The molecule has 0 aliphatic carbocycles. The molecule has 0 bridgehead atoms. The number of pyridine rings is 1. The predicted molar refractivity (Wildman–Crippen MR) is 146 cm³/mol. The molecule has 0 atom stereocenters. The number of anilines is 2. The molecule has 2 N–H and O–H groups in total. The molecule has 1 amide bonds. The van der Waals surface area contributed by atoms with Crippen molar-refractivity contribution in [3.05, 3.63) is 64.8 Å². The summed E-state index contributed by atoms with van der Waals surface area (Å²) in [6.07, 6.45) is 3.62. The second-order valence-electron chi connectivity index (χ2n) is 10.3. The Bertz CT molecular complexity index is 1200. The monoisotopic (exact) mass is 510 g/mol. The maximum Gasteiger partial charge on any atom is 0.413 e. The molecule has 0 spiro atoms. The summed E-state index contributed by atoms with van der Waals surface area (Å²) in [6, 6.07) is 14.0. The van der Waals surface area contributed by atoms with Crippen LogP contribution in [0.15, 0.2) is 48.7 Å². The van der Waals surface area contributed by atoms with Crippen LogP contribution in [0.25, 0.3) is 10.8 Å². The molecule has 0 radical (unpaired) electrons. The van der Waals surface area contributed by atoms with E-state index in [0.29, 0.717) is 25.1 Å². The van der Waals surface area contributed by atoms with Gasteiger partial charge in [0.25, 0.3) is 0 Å². The zero-order chi connectivity index (χ0) is 25.7. The lowest BCUT2D eigenvalue weighted by Gasteiger charge is -2.28. The van der Waals surface area contributed by atoms with Crippen molar-refractivity contribution in [1.29, 1.82) is 0 Å². The Morgan fingerprint density at radius 3 is 2.64 bits per heavy atom. The number of amides is 1. The van der Waals surface area contributed by atoms with Crippen molar-refractivity contribution in [2.75, 3.05) is 30.8 Å². The first-order chi connectivity index (χ1) is 17.2. The largest absolute Gasteiger partial charge is 0.444 e. The number of piperidine rings is 1. The Balaban J connectivity index is 1.35. The molecule has 1 aliphatic heterocycles. The molecule has 0 unspecified atom stereocenters. The predicted octanol–water partition coefficient (Wildman–Crippen LogP) is 6.46. The standard InChI is InChI=1S/C28H35ClN4O3/c1-28(2,3)36-27(34)32-26-24-8-7-22(16-20(24)9-12-30-26)31-17-21-6-5-19(15-25(21)29)18-35-23-10-13-33(4)14-11-23/h5-9,12,15-16,23,31H,10-11,13-14,17-18H2,1-4H3,(H,30,32,34). The van der Waals surface area contributed by atoms with Crippen LogP contribution in [0.3, 0.4) is 0 Å². The van der Waals surface area contributed by atoms with Crippen LogP contribution in [0.1, 0.15) is 44.7 Å². The summed E-state index contributed by atoms with van der Waals surface area (Å²) in [6.45, 7) is 8.82. The number of nitrogens with one attached hydrogen (secondary N) is 2. The lowest BCUT2D eigenvalue weighted by Crippen LogP contribution is -2.34. The fourth-order valence-electron chi connectivity index (χ4n) is 4.17. The van der Waals surface area contributed by atoms with Gasteiger partial charge in [-0.2, -0.15) is 0 Å². The van der Waals surface area contributed by atoms with E-state index in [0.717, 1.165) is 58.5 Å². The fraction of sp³-hybridized carbons (Fsp3) is 0.429. The summed E-state index contributed by atoms with van der Waals surface area (Å²) < 4.78 is 11.4. The van der Waals surface area contributed by atoms with E-state index < -0.39 is 11.7 Å². The van der Waals surface area contributed by atoms with E-state index in [4.69, 9.17) is 21.1 Å². The Kier molecular flexibility index (Phi) is 8.34. The molecule has 2 heterocycles. The first-order valence-electron chi connectivity index (χ1n) is 12.4. The van der Waals surface area contributed by atoms with Crippen molar-refractivity contribution < 1.29 is 14.3 Å². The van der Waals surface area contributed by atoms with Gasteiger partial charge in [-0.3, -0.25) is 5.32 Å². The number of ether oxygens (including phenoxy) is 2. The summed E-state index contributed by atoms with van der Waals surface area (Å²) in [5, 5.41) is 8.69. The van der Waals surface area contributed by atoms with Gasteiger partial charge in [0, 0.05) is 41.9 Å². The molecular weight excluding hydrogens is 476 g/mol. The number of nitrogens with zero attached hydrogens (tertiary/aromatic N) is 2. The molecule has 1 saturated heterocycles. The first-order valence-corrected chi connectivity index (χ1v) is 12.7. The molecule has 1 aliphatic rings. The number of carbonyl (C=O) groups excluding carboxylic acids is 1. The lowest BCUT2D eigenvalue weighted by atomic mass is 10.1. The van der Waals surface area contributed by atoms with Gasteiger partial charge >= 0.3 is 6.09 Å². The van der Waals surface area contributed by atoms with Crippen LogP contribution in [0.2, 0.25) is 5.02 Å². The van der Waals surface area contributed by atoms with Gasteiger partial charge in [0.15, 0.2) is 0 Å². The fourth-order valence-corrected chi connectivity index (χ4v) is 4.44. The number of hydrogen-bond acceptors (Lipinski definition) is 6. The van der Waals surface area contributed by atoms with Crippen molar-refractivity contribution in [3.8, 4) is 0 Å². The van der Waals surface area contributed by atoms with Crippen LogP contribution in [-0.2, 0) is 22.6 Å². The van der Waals surface area contributed by atoms with Gasteiger partial charge in [0.2, 0.25) is 0 Å². The van der Waals surface area contributed by atoms with Crippen molar-refractivity contribution in [1.82, 2.24) is 9.88 Å². The van der Waals surface area contributed by atoms with Crippen LogP contribution < -0.4 is 10.6 Å². The number of benzene rings is 2. The molecule has 7 nitrogen and oxygen atoms in total. The van der Waals surface area contributed by atoms with Crippen LogP contribution in [0.4, 0.5) is 16.3 Å². The Labute approximate surface area is 218 Å². The second kappa shape index (κ2) is 11.5. The van der Waals surface area contributed by atoms with Crippen LogP contribution in [0, 0.1) is 0 Å². The summed E-state index contributed by atoms with van der Waals surface area (Å²) in [5.74, 6) is 0.467. The average Bonchev–Trinajstić information content (AvgIpc) is 2.82. The molecule has 0 saturated carbocycles. The topological polar surface area (TPSA) is 75.7 Å². The van der Waals surface area contributed by atoms with E-state index in [1.54, 1.807) is 6.20 Å². The summed E-state index contributed by atoms with van der Waals surface area (Å²) in [4.78, 5) is 18.8. The van der Waals surface area contributed by atoms with Gasteiger partial charge in [-0.15, -0.1) is 0 Å². The number of hydrogen-bond donors (Lipinski definition) is 2. The molecule has 3 aromatic rings. The van der Waals surface area contributed by atoms with E-state index in [-0.39, 0.29) is 0 Å². The van der Waals surface area contributed by atoms with Crippen LogP contribution in [0.5, 0.6) is 0 Å². The molecule has 192 valence electrons. The summed E-state index contributed by atoms with van der Waals surface area (Å²) in [7, 11) is 2.15. The van der Waals surface area contributed by atoms with Crippen molar-refractivity contribution >= 4 is 40.0 Å². The maximum atomic E-state index is 12.2. The molecular formula is C28H35ClN4O3. The molecule has 8 heteroatoms. The Hall–Kier alpha value is -2.87. The molecule has 36 heavy (non-hydrogen) atoms. The molecule has 2 aromatic carbocycles. The number of rotatable bonds is 7. The SMILES string of the molecule is CN1CCC(OCc2ccc(CNc3ccc4c(NC(=O)OC(C)(C)C)nccc4c3)c(Cl)c2)CC1. The number of halogens is 1. The Morgan fingerprint density at radius 1 is 1.14 bits per heavy atom. The minimum Gasteiger partial charge on any atom is -0.444 e. The van der Waals surface area contributed by atoms with Crippen LogP contribution in [-0.4, -0.2) is 47.8 Å². The Morgan fingerprint density at radius 2 is 1.92 bits per heavy atom. The van der Waals surface area contributed by atoms with Crippen molar-refractivity contribution in [3.63, 3.8) is 0 Å². The van der Waals surface area contributed by atoms with E-state index >= 15 is 0 Å². The summed E-state index contributed by atoms with van der Waals surface area (Å²) in [5.41, 5.74) is 2.47. The highest BCUT2D eigenvalue weighted by atomic mass is 35.5. The van der Waals surface area contributed by atoms with Gasteiger partial charge in [-0.05, 0) is 87.5 Å². The third kappa shape index (κ3) is 7.32. The number of carbonyl (C=O) groups is 1. The highest BCUT2D eigenvalue weighted by Gasteiger charge is 2.18. The minimum absolute atomic E-state index is 0.323. The highest BCUT2D eigenvalue weighted by Crippen LogP contribution is 2.26. The number of likely N-dealkylation sites (tertiary alicyclic amines) is 1. The zero-order valence-electron chi connectivity index (χ0n) is 21.4. The normalized spacial score (nSPS) is 15.1. The van der Waals surface area contributed by atoms with Gasteiger partial charge in [-0.25, -0.2) is 9.78 Å². The van der Waals surface area contributed by atoms with Crippen molar-refractivity contribution in [2.45, 2.75) is 58.5 Å². The lowest BCUT2D eigenvalue weighted by molar-refractivity contribution is 0.00213. The summed E-state index contributed by atoms with van der Waals surface area (Å²) >= 11 is 6.58. The van der Waals surface area contributed by atoms with Crippen molar-refractivity contribution in [2.24, 2.45) is 0 Å². The second-order valence-corrected chi connectivity index (χ2v) is 10.7. The van der Waals surface area contributed by atoms with E-state index in [1.807, 2.05) is 51.1 Å².